The van der Waals surface area contributed by atoms with Crippen molar-refractivity contribution in [3.8, 4) is 0 Å². The molecule has 2 amide bonds. The van der Waals surface area contributed by atoms with Gasteiger partial charge in [-0.3, -0.25) is 0 Å². The maximum Gasteiger partial charge on any atom is 0.309 e. The number of urea groups is 1. The van der Waals surface area contributed by atoms with Crippen molar-refractivity contribution in [3.05, 3.63) is 0 Å². The minimum Gasteiger partial charge on any atom is -0.352 e. The first-order chi connectivity index (χ1) is 1.73. The largest absolute Gasteiger partial charge is 0.352 e. The molecule has 0 saturated carbocycles. The van der Waals surface area contributed by atoms with E-state index in [4.69, 9.17) is 4.79 Å². The molecule has 0 saturated heterocycles. The first-order valence-electron chi connectivity index (χ1n) is 0.781. The molecule has 0 rings (SSSR count). The van der Waals surface area contributed by atoms with Gasteiger partial charge in [-0.15, -0.1) is 0 Å². The van der Waals surface area contributed by atoms with Gasteiger partial charge >= 0.3 is 6.03 Å². The number of hydrogen-bond donors (Lipinski definition) is 2. The van der Waals surface area contributed by atoms with E-state index in [9.17, 15) is 0 Å². The second-order valence-corrected chi connectivity index (χ2v) is 0.402. The fourth-order valence-electron chi connectivity index (χ4n) is 0. The van der Waals surface area contributed by atoms with Crippen LogP contribution in [-0.2, 0) is 0 Å². The van der Waals surface area contributed by atoms with Gasteiger partial charge in [0.2, 0.25) is 0 Å². The SMILES string of the molecule is NC(N)=O.[Pb]. The van der Waals surface area contributed by atoms with Crippen LogP contribution in [-0.4, -0.2) is 33.3 Å². The smallest absolute Gasteiger partial charge is 0.309 e. The summed E-state index contributed by atoms with van der Waals surface area (Å²) >= 11 is 0. The monoisotopic (exact) mass is 268 g/mol. The van der Waals surface area contributed by atoms with Crippen molar-refractivity contribution in [2.75, 3.05) is 0 Å². The van der Waals surface area contributed by atoms with E-state index in [-0.39, 0.29) is 27.3 Å². The van der Waals surface area contributed by atoms with Crippen LogP contribution in [0.4, 0.5) is 4.79 Å². The van der Waals surface area contributed by atoms with Gasteiger partial charge in [0.1, 0.15) is 0 Å². The van der Waals surface area contributed by atoms with Gasteiger partial charge in [-0.25, -0.2) is 4.79 Å². The molecule has 0 atom stereocenters. The van der Waals surface area contributed by atoms with Gasteiger partial charge in [0.05, 0.1) is 0 Å². The number of primary amides is 2. The summed E-state index contributed by atoms with van der Waals surface area (Å²) in [5, 5.41) is 0. The molecule has 28 valence electrons. The Kier molecular flexibility index (Phi) is 7.51. The Morgan fingerprint density at radius 1 is 1.40 bits per heavy atom. The fraction of sp³-hybridized carbons (Fsp3) is 0. The molecule has 0 aliphatic carbocycles. The fourth-order valence-corrected chi connectivity index (χ4v) is 0. The van der Waals surface area contributed by atoms with Gasteiger partial charge in [-0.05, 0) is 0 Å². The van der Waals surface area contributed by atoms with Crippen LogP contribution >= 0.6 is 0 Å². The summed E-state index contributed by atoms with van der Waals surface area (Å²) in [6.07, 6.45) is 0. The number of carbonyl (C=O) groups is 1. The van der Waals surface area contributed by atoms with Crippen molar-refractivity contribution < 1.29 is 4.79 Å². The van der Waals surface area contributed by atoms with Crippen molar-refractivity contribution in [2.24, 2.45) is 11.5 Å². The maximum atomic E-state index is 9.00. The first-order valence-corrected chi connectivity index (χ1v) is 0.781. The van der Waals surface area contributed by atoms with Gasteiger partial charge in [0, 0.05) is 27.3 Å². The molecule has 0 spiro atoms. The predicted molar refractivity (Wildman–Crippen MR) is 19.5 cm³/mol. The third-order valence-corrected chi connectivity index (χ3v) is 0. The molecule has 4 N–H and O–H groups in total. The Bertz CT molecular complexity index is 32.6. The molecule has 3 nitrogen and oxygen atoms in total. The Morgan fingerprint density at radius 3 is 1.40 bits per heavy atom. The number of carbonyl (C=O) groups excluding carboxylic acids is 1. The minimum atomic E-state index is -0.833. The third-order valence-electron chi connectivity index (χ3n) is 0. The van der Waals surface area contributed by atoms with Crippen molar-refractivity contribution in [3.63, 3.8) is 0 Å². The van der Waals surface area contributed by atoms with E-state index >= 15 is 0 Å². The van der Waals surface area contributed by atoms with E-state index in [2.05, 4.69) is 11.5 Å². The van der Waals surface area contributed by atoms with Gasteiger partial charge in [-0.1, -0.05) is 0 Å². The molecule has 0 heterocycles. The zero-order chi connectivity index (χ0) is 3.58. The Labute approximate surface area is 49.9 Å². The average molecular weight is 267 g/mol. The molecule has 0 aliphatic rings. The summed E-state index contributed by atoms with van der Waals surface area (Å²) in [5.74, 6) is 0. The molecular formula is CH4N2OPb. The molecule has 5 heavy (non-hydrogen) atoms. The van der Waals surface area contributed by atoms with Crippen LogP contribution in [0.3, 0.4) is 0 Å². The van der Waals surface area contributed by atoms with Gasteiger partial charge in [0.15, 0.2) is 0 Å². The molecule has 0 unspecified atom stereocenters. The number of amides is 2. The van der Waals surface area contributed by atoms with Crippen molar-refractivity contribution in [1.82, 2.24) is 0 Å². The van der Waals surface area contributed by atoms with Crippen LogP contribution in [0.5, 0.6) is 0 Å². The summed E-state index contributed by atoms with van der Waals surface area (Å²) in [5.41, 5.74) is 8.50. The van der Waals surface area contributed by atoms with E-state index in [1.165, 1.54) is 0 Å². The average Bonchev–Trinajstić information content (AvgIpc) is 0.811. The molecule has 0 aromatic rings. The topological polar surface area (TPSA) is 69.1 Å². The second-order valence-electron chi connectivity index (χ2n) is 0.402. The standard InChI is InChI=1S/CH4N2O.Pb/c2-1(3)4;/h(H4,2,3,4);. The van der Waals surface area contributed by atoms with Crippen LogP contribution in [0.15, 0.2) is 0 Å². The molecular weight excluding hydrogens is 263 g/mol. The van der Waals surface area contributed by atoms with Crippen LogP contribution in [0.1, 0.15) is 0 Å². The summed E-state index contributed by atoms with van der Waals surface area (Å²) in [6, 6.07) is -0.833. The summed E-state index contributed by atoms with van der Waals surface area (Å²) < 4.78 is 0. The molecule has 0 aliphatic heterocycles. The van der Waals surface area contributed by atoms with E-state index in [0.717, 1.165) is 0 Å². The van der Waals surface area contributed by atoms with Crippen LogP contribution < -0.4 is 11.5 Å². The summed E-state index contributed by atoms with van der Waals surface area (Å²) in [6.45, 7) is 0. The van der Waals surface area contributed by atoms with Crippen molar-refractivity contribution >= 4 is 33.3 Å². The quantitative estimate of drug-likeness (QED) is 0.523. The van der Waals surface area contributed by atoms with Crippen molar-refractivity contribution in [2.45, 2.75) is 0 Å². The molecule has 0 aromatic carbocycles. The normalized spacial score (nSPS) is 4.80. The van der Waals surface area contributed by atoms with Gasteiger partial charge in [-0.2, -0.15) is 0 Å². The van der Waals surface area contributed by atoms with Crippen LogP contribution in [0.25, 0.3) is 0 Å². The van der Waals surface area contributed by atoms with Crippen LogP contribution in [0, 0.1) is 0 Å². The third kappa shape index (κ3) is 546. The van der Waals surface area contributed by atoms with Crippen LogP contribution in [0.2, 0.25) is 0 Å². The van der Waals surface area contributed by atoms with E-state index in [0.29, 0.717) is 0 Å². The maximum absolute atomic E-state index is 9.00. The Morgan fingerprint density at radius 2 is 1.40 bits per heavy atom. The van der Waals surface area contributed by atoms with E-state index in [1.807, 2.05) is 0 Å². The van der Waals surface area contributed by atoms with Crippen molar-refractivity contribution in [1.29, 1.82) is 0 Å². The molecule has 4 heteroatoms. The molecule has 0 fully saturated rings. The van der Waals surface area contributed by atoms with Gasteiger partial charge in [0.25, 0.3) is 0 Å². The predicted octanol–water partition coefficient (Wildman–Crippen LogP) is -1.36. The van der Waals surface area contributed by atoms with E-state index in [1.54, 1.807) is 0 Å². The molecule has 0 bridgehead atoms. The Hall–Kier alpha value is 0.192. The van der Waals surface area contributed by atoms with E-state index < -0.39 is 6.03 Å². The number of rotatable bonds is 0. The zero-order valence-electron chi connectivity index (χ0n) is 2.56. The number of hydrogen-bond acceptors (Lipinski definition) is 1. The first kappa shape index (κ1) is 8.95. The molecule has 0 aromatic heterocycles. The summed E-state index contributed by atoms with van der Waals surface area (Å²) in [4.78, 5) is 9.00. The number of nitrogens with two attached hydrogens (primary N) is 2. The summed E-state index contributed by atoms with van der Waals surface area (Å²) in [7, 11) is 0. The minimum absolute atomic E-state index is 0. The second kappa shape index (κ2) is 4.19. The zero-order valence-corrected chi connectivity index (χ0v) is 6.45. The molecule has 4 radical (unpaired) electrons. The van der Waals surface area contributed by atoms with Gasteiger partial charge < -0.3 is 11.5 Å². The Balaban J connectivity index is 0.